The van der Waals surface area contributed by atoms with Gasteiger partial charge in [0.2, 0.25) is 0 Å². The van der Waals surface area contributed by atoms with Crippen LogP contribution in [0.15, 0.2) is 12.7 Å². The highest BCUT2D eigenvalue weighted by atomic mass is 16.8. The quantitative estimate of drug-likeness (QED) is 0.527. The second-order valence-electron chi connectivity index (χ2n) is 5.46. The Morgan fingerprint density at radius 2 is 2.16 bits per heavy atom. The van der Waals surface area contributed by atoms with Crippen LogP contribution in [0.4, 0.5) is 0 Å². The van der Waals surface area contributed by atoms with Crippen molar-refractivity contribution in [3.8, 4) is 0 Å². The number of unbranched alkanes of at least 4 members (excludes halogenated alkanes) is 1. The Hall–Kier alpha value is -0.870. The molecule has 0 N–H and O–H groups in total. The van der Waals surface area contributed by atoms with Gasteiger partial charge in [0, 0.05) is 5.92 Å². The van der Waals surface area contributed by atoms with Crippen molar-refractivity contribution in [3.63, 3.8) is 0 Å². The zero-order valence-corrected chi connectivity index (χ0v) is 12.5. The van der Waals surface area contributed by atoms with Crippen LogP contribution in [-0.2, 0) is 19.0 Å². The molecule has 0 aromatic heterocycles. The molecule has 0 aliphatic carbocycles. The van der Waals surface area contributed by atoms with Crippen molar-refractivity contribution >= 4 is 5.97 Å². The van der Waals surface area contributed by atoms with Crippen molar-refractivity contribution < 1.29 is 19.0 Å². The number of ether oxygens (including phenoxy) is 3. The van der Waals surface area contributed by atoms with Crippen molar-refractivity contribution in [1.29, 1.82) is 0 Å². The maximum atomic E-state index is 11.5. The fourth-order valence-electron chi connectivity index (χ4n) is 2.46. The van der Waals surface area contributed by atoms with E-state index in [9.17, 15) is 4.79 Å². The van der Waals surface area contributed by atoms with Crippen LogP contribution in [0.3, 0.4) is 0 Å². The minimum atomic E-state index is -0.597. The molecule has 1 aliphatic rings. The first-order valence-corrected chi connectivity index (χ1v) is 6.98. The first-order chi connectivity index (χ1) is 8.93. The molecule has 0 bridgehead atoms. The van der Waals surface area contributed by atoms with Crippen LogP contribution in [0.25, 0.3) is 0 Å². The molecule has 1 saturated heterocycles. The highest BCUT2D eigenvalue weighted by Gasteiger charge is 2.44. The average Bonchev–Trinajstić information content (AvgIpc) is 2.68. The van der Waals surface area contributed by atoms with E-state index in [-0.39, 0.29) is 30.5 Å². The van der Waals surface area contributed by atoms with Gasteiger partial charge in [0.1, 0.15) is 0 Å². The standard InChI is InChI=1S/C15H26O4/c1-6-8-9-12-14(19-15(3,4)18-12)11(7-2)10-13(16)17-5/h7,11-12,14H,2,6,8-10H2,1,3-5H3/t11-,12-,14-/m1/s1. The number of hydrogen-bond donors (Lipinski definition) is 0. The molecule has 110 valence electrons. The molecule has 0 unspecified atom stereocenters. The summed E-state index contributed by atoms with van der Waals surface area (Å²) in [5.41, 5.74) is 0. The van der Waals surface area contributed by atoms with Gasteiger partial charge in [0.15, 0.2) is 5.79 Å². The minimum Gasteiger partial charge on any atom is -0.469 e. The number of esters is 1. The van der Waals surface area contributed by atoms with Crippen LogP contribution in [0, 0.1) is 5.92 Å². The third-order valence-corrected chi connectivity index (χ3v) is 3.42. The van der Waals surface area contributed by atoms with E-state index in [1.807, 2.05) is 13.8 Å². The lowest BCUT2D eigenvalue weighted by Gasteiger charge is -2.23. The molecule has 0 radical (unpaired) electrons. The van der Waals surface area contributed by atoms with Crippen LogP contribution in [0.2, 0.25) is 0 Å². The summed E-state index contributed by atoms with van der Waals surface area (Å²) in [5.74, 6) is -0.913. The predicted molar refractivity (Wildman–Crippen MR) is 73.7 cm³/mol. The van der Waals surface area contributed by atoms with Crippen LogP contribution in [0.5, 0.6) is 0 Å². The van der Waals surface area contributed by atoms with E-state index in [1.165, 1.54) is 7.11 Å². The van der Waals surface area contributed by atoms with Gasteiger partial charge in [0.05, 0.1) is 25.7 Å². The molecule has 1 rings (SSSR count). The van der Waals surface area contributed by atoms with Crippen molar-refractivity contribution in [1.82, 2.24) is 0 Å². The van der Waals surface area contributed by atoms with Gasteiger partial charge in [-0.05, 0) is 20.3 Å². The Bertz CT molecular complexity index is 311. The molecule has 0 aromatic rings. The Labute approximate surface area is 116 Å². The van der Waals surface area contributed by atoms with Gasteiger partial charge >= 0.3 is 5.97 Å². The fourth-order valence-corrected chi connectivity index (χ4v) is 2.46. The molecule has 1 aliphatic heterocycles. The summed E-state index contributed by atoms with van der Waals surface area (Å²) in [7, 11) is 1.40. The third kappa shape index (κ3) is 4.62. The zero-order chi connectivity index (χ0) is 14.5. The van der Waals surface area contributed by atoms with E-state index in [4.69, 9.17) is 14.2 Å². The largest absolute Gasteiger partial charge is 0.469 e. The summed E-state index contributed by atoms with van der Waals surface area (Å²) in [4.78, 5) is 11.5. The Morgan fingerprint density at radius 3 is 2.68 bits per heavy atom. The van der Waals surface area contributed by atoms with Crippen LogP contribution >= 0.6 is 0 Å². The summed E-state index contributed by atoms with van der Waals surface area (Å²) in [6, 6.07) is 0. The molecule has 0 spiro atoms. The minimum absolute atomic E-state index is 0.0163. The molecule has 4 heteroatoms. The Balaban J connectivity index is 2.74. The molecule has 19 heavy (non-hydrogen) atoms. The van der Waals surface area contributed by atoms with Gasteiger partial charge in [-0.3, -0.25) is 4.79 Å². The Kier molecular flexibility index (Phi) is 6.01. The fraction of sp³-hybridized carbons (Fsp3) is 0.800. The van der Waals surface area contributed by atoms with Crippen molar-refractivity contribution in [3.05, 3.63) is 12.7 Å². The van der Waals surface area contributed by atoms with E-state index in [0.717, 1.165) is 19.3 Å². The summed E-state index contributed by atoms with van der Waals surface area (Å²) in [6.45, 7) is 9.77. The van der Waals surface area contributed by atoms with E-state index in [2.05, 4.69) is 13.5 Å². The molecule has 1 heterocycles. The summed E-state index contributed by atoms with van der Waals surface area (Å²) in [6.07, 6.45) is 5.08. The predicted octanol–water partition coefficient (Wildman–Crippen LogP) is 3.06. The van der Waals surface area contributed by atoms with Crippen molar-refractivity contribution in [2.24, 2.45) is 5.92 Å². The van der Waals surface area contributed by atoms with E-state index < -0.39 is 5.79 Å². The Morgan fingerprint density at radius 1 is 1.47 bits per heavy atom. The lowest BCUT2D eigenvalue weighted by molar-refractivity contribution is -0.153. The number of methoxy groups -OCH3 is 1. The van der Waals surface area contributed by atoms with Gasteiger partial charge < -0.3 is 14.2 Å². The smallest absolute Gasteiger partial charge is 0.306 e. The maximum absolute atomic E-state index is 11.5. The van der Waals surface area contributed by atoms with Crippen molar-refractivity contribution in [2.75, 3.05) is 7.11 Å². The average molecular weight is 270 g/mol. The first-order valence-electron chi connectivity index (χ1n) is 6.98. The molecule has 1 fully saturated rings. The molecular weight excluding hydrogens is 244 g/mol. The molecule has 0 amide bonds. The van der Waals surface area contributed by atoms with Gasteiger partial charge in [-0.1, -0.05) is 25.8 Å². The number of carbonyl (C=O) groups is 1. The monoisotopic (exact) mass is 270 g/mol. The lowest BCUT2D eigenvalue weighted by atomic mass is 9.92. The third-order valence-electron chi connectivity index (χ3n) is 3.42. The normalized spacial score (nSPS) is 26.9. The summed E-state index contributed by atoms with van der Waals surface area (Å²) >= 11 is 0. The highest BCUT2D eigenvalue weighted by molar-refractivity contribution is 5.69. The first kappa shape index (κ1) is 16.2. The summed E-state index contributed by atoms with van der Waals surface area (Å²) in [5, 5.41) is 0. The number of rotatable bonds is 7. The van der Waals surface area contributed by atoms with E-state index >= 15 is 0 Å². The number of carbonyl (C=O) groups excluding carboxylic acids is 1. The zero-order valence-electron chi connectivity index (χ0n) is 12.5. The topological polar surface area (TPSA) is 44.8 Å². The van der Waals surface area contributed by atoms with Gasteiger partial charge in [0.25, 0.3) is 0 Å². The second-order valence-corrected chi connectivity index (χ2v) is 5.46. The SMILES string of the molecule is C=C[C@H](CC(=O)OC)[C@H]1OC(C)(C)O[C@@H]1CCCC. The molecule has 0 saturated carbocycles. The van der Waals surface area contributed by atoms with Gasteiger partial charge in [-0.2, -0.15) is 0 Å². The van der Waals surface area contributed by atoms with Crippen LogP contribution in [0.1, 0.15) is 46.5 Å². The maximum Gasteiger partial charge on any atom is 0.306 e. The summed E-state index contributed by atoms with van der Waals surface area (Å²) < 4.78 is 16.6. The molecule has 4 nitrogen and oxygen atoms in total. The lowest BCUT2D eigenvalue weighted by Crippen LogP contribution is -2.32. The molecule has 3 atom stereocenters. The van der Waals surface area contributed by atoms with E-state index in [0.29, 0.717) is 0 Å². The van der Waals surface area contributed by atoms with Crippen LogP contribution < -0.4 is 0 Å². The molecule has 0 aromatic carbocycles. The number of hydrogen-bond acceptors (Lipinski definition) is 4. The van der Waals surface area contributed by atoms with Crippen molar-refractivity contribution in [2.45, 2.75) is 64.4 Å². The van der Waals surface area contributed by atoms with Crippen LogP contribution in [-0.4, -0.2) is 31.1 Å². The second kappa shape index (κ2) is 7.06. The van der Waals surface area contributed by atoms with E-state index in [1.54, 1.807) is 6.08 Å². The molecular formula is C15H26O4. The van der Waals surface area contributed by atoms with Gasteiger partial charge in [-0.15, -0.1) is 6.58 Å². The highest BCUT2D eigenvalue weighted by Crippen LogP contribution is 2.36. The van der Waals surface area contributed by atoms with Gasteiger partial charge in [-0.25, -0.2) is 0 Å².